The fourth-order valence-electron chi connectivity index (χ4n) is 2.90. The summed E-state index contributed by atoms with van der Waals surface area (Å²) in [5, 5.41) is 14.1. The molecule has 1 aliphatic rings. The van der Waals surface area contributed by atoms with Crippen LogP contribution in [-0.2, 0) is 19.6 Å². The number of nitrogens with one attached hydrogen (secondary N) is 2. The molecule has 0 radical (unpaired) electrons. The van der Waals surface area contributed by atoms with Crippen molar-refractivity contribution < 1.29 is 22.7 Å². The van der Waals surface area contributed by atoms with Crippen molar-refractivity contribution in [1.29, 1.82) is 5.26 Å². The van der Waals surface area contributed by atoms with Crippen molar-refractivity contribution >= 4 is 33.2 Å². The number of aryl methyl sites for hydroxylation is 1. The summed E-state index contributed by atoms with van der Waals surface area (Å²) >= 11 is 0. The molecule has 0 aromatic heterocycles. The summed E-state index contributed by atoms with van der Waals surface area (Å²) < 4.78 is 32.5. The molecule has 2 N–H and O–H groups in total. The fraction of sp³-hybridized carbons (Fsp3) is 0.250. The van der Waals surface area contributed by atoms with Gasteiger partial charge in [0.25, 0.3) is 5.91 Å². The molecule has 3 rings (SSSR count). The van der Waals surface area contributed by atoms with Gasteiger partial charge in [0.15, 0.2) is 6.10 Å². The maximum Gasteiger partial charge on any atom is 0.265 e. The summed E-state index contributed by atoms with van der Waals surface area (Å²) in [5.74, 6) is -0.589. The number of hydrogen-bond acceptors (Lipinski definition) is 6. The van der Waals surface area contributed by atoms with Gasteiger partial charge >= 0.3 is 0 Å². The number of sulfonamides is 1. The van der Waals surface area contributed by atoms with Gasteiger partial charge in [-0.2, -0.15) is 9.57 Å². The van der Waals surface area contributed by atoms with Crippen molar-refractivity contribution in [2.45, 2.75) is 24.8 Å². The lowest BCUT2D eigenvalue weighted by molar-refractivity contribution is -0.122. The first kappa shape index (κ1) is 21.3. The highest BCUT2D eigenvalue weighted by Gasteiger charge is 2.30. The Balaban J connectivity index is 1.77. The Hall–Kier alpha value is -3.42. The third kappa shape index (κ3) is 4.27. The van der Waals surface area contributed by atoms with Crippen molar-refractivity contribution in [2.24, 2.45) is 0 Å². The minimum atomic E-state index is -4.00. The van der Waals surface area contributed by atoms with Gasteiger partial charge in [0, 0.05) is 18.8 Å². The first-order valence-corrected chi connectivity index (χ1v) is 10.4. The standard InChI is InChI=1S/C20H20N4O5S/c1-12-8-16-17(29-13(2)20(26)23-16)9-18(12)30(27,28)24(3)11-19(25)22-15-6-4-14(10-21)5-7-15/h4-9,13H,11H2,1-3H3,(H,22,25)(H,23,26)/t13-/m0/s1. The van der Waals surface area contributed by atoms with Crippen molar-refractivity contribution in [3.8, 4) is 11.8 Å². The zero-order valence-electron chi connectivity index (χ0n) is 16.6. The maximum atomic E-state index is 13.0. The summed E-state index contributed by atoms with van der Waals surface area (Å²) in [4.78, 5) is 24.0. The Morgan fingerprint density at radius 3 is 2.60 bits per heavy atom. The molecule has 0 bridgehead atoms. The molecule has 1 atom stereocenters. The van der Waals surface area contributed by atoms with Crippen LogP contribution in [0.4, 0.5) is 11.4 Å². The Labute approximate surface area is 174 Å². The smallest absolute Gasteiger partial charge is 0.265 e. The van der Waals surface area contributed by atoms with E-state index >= 15 is 0 Å². The van der Waals surface area contributed by atoms with Crippen LogP contribution in [0.1, 0.15) is 18.1 Å². The third-order valence-electron chi connectivity index (χ3n) is 4.56. The van der Waals surface area contributed by atoms with Crippen LogP contribution in [0.5, 0.6) is 5.75 Å². The van der Waals surface area contributed by atoms with Crippen LogP contribution in [0.3, 0.4) is 0 Å². The molecule has 9 nitrogen and oxygen atoms in total. The molecule has 0 aliphatic carbocycles. The molecule has 156 valence electrons. The van der Waals surface area contributed by atoms with Crippen molar-refractivity contribution in [3.05, 3.63) is 47.5 Å². The first-order chi connectivity index (χ1) is 14.1. The molecule has 0 saturated heterocycles. The molecule has 0 saturated carbocycles. The number of benzene rings is 2. The number of ether oxygens (including phenoxy) is 1. The number of carbonyl (C=O) groups is 2. The summed E-state index contributed by atoms with van der Waals surface area (Å²) in [7, 11) is -2.69. The van der Waals surface area contributed by atoms with Crippen LogP contribution in [0.2, 0.25) is 0 Å². The Bertz CT molecular complexity index is 1150. The number of likely N-dealkylation sites (N-methyl/N-ethyl adjacent to an activating group) is 1. The van der Waals surface area contributed by atoms with Crippen LogP contribution in [-0.4, -0.2) is 44.2 Å². The van der Waals surface area contributed by atoms with Gasteiger partial charge in [-0.25, -0.2) is 8.42 Å². The average molecular weight is 428 g/mol. The largest absolute Gasteiger partial charge is 0.479 e. The van der Waals surface area contributed by atoms with Gasteiger partial charge in [-0.05, 0) is 49.7 Å². The summed E-state index contributed by atoms with van der Waals surface area (Å²) in [6.45, 7) is 2.75. The van der Waals surface area contributed by atoms with Gasteiger partial charge in [0.1, 0.15) is 5.75 Å². The lowest BCUT2D eigenvalue weighted by Gasteiger charge is -2.25. The van der Waals surface area contributed by atoms with Crippen molar-refractivity contribution in [2.75, 3.05) is 24.2 Å². The van der Waals surface area contributed by atoms with Crippen LogP contribution in [0.15, 0.2) is 41.3 Å². The number of nitrogens with zero attached hydrogens (tertiary/aromatic N) is 2. The minimum absolute atomic E-state index is 0.0155. The summed E-state index contributed by atoms with van der Waals surface area (Å²) in [6.07, 6.45) is -0.744. The molecular weight excluding hydrogens is 408 g/mol. The average Bonchev–Trinajstić information content (AvgIpc) is 2.69. The van der Waals surface area contributed by atoms with E-state index in [0.717, 1.165) is 4.31 Å². The van der Waals surface area contributed by atoms with Gasteiger partial charge in [-0.3, -0.25) is 9.59 Å². The van der Waals surface area contributed by atoms with Gasteiger partial charge < -0.3 is 15.4 Å². The number of fused-ring (bicyclic) bond motifs is 1. The monoisotopic (exact) mass is 428 g/mol. The normalized spacial score (nSPS) is 15.6. The summed E-state index contributed by atoms with van der Waals surface area (Å²) in [6, 6.07) is 11.1. The van der Waals surface area contributed by atoms with E-state index in [4.69, 9.17) is 10.00 Å². The zero-order chi connectivity index (χ0) is 22.1. The fourth-order valence-corrected chi connectivity index (χ4v) is 4.25. The summed E-state index contributed by atoms with van der Waals surface area (Å²) in [5.41, 5.74) is 1.71. The Morgan fingerprint density at radius 1 is 1.30 bits per heavy atom. The van der Waals surface area contributed by atoms with Gasteiger partial charge in [-0.1, -0.05) is 0 Å². The number of nitriles is 1. The number of hydrogen-bond donors (Lipinski definition) is 2. The number of rotatable bonds is 5. The molecular formula is C20H20N4O5S. The van der Waals surface area contributed by atoms with E-state index in [1.54, 1.807) is 38.1 Å². The Morgan fingerprint density at radius 2 is 1.97 bits per heavy atom. The molecule has 1 heterocycles. The maximum absolute atomic E-state index is 13.0. The highest BCUT2D eigenvalue weighted by atomic mass is 32.2. The minimum Gasteiger partial charge on any atom is -0.479 e. The topological polar surface area (TPSA) is 129 Å². The van der Waals surface area contributed by atoms with Crippen LogP contribution in [0.25, 0.3) is 0 Å². The van der Waals surface area contributed by atoms with Gasteiger partial charge in [-0.15, -0.1) is 0 Å². The number of amides is 2. The van der Waals surface area contributed by atoms with E-state index in [2.05, 4.69) is 10.6 Å². The molecule has 0 unspecified atom stereocenters. The third-order valence-corrected chi connectivity index (χ3v) is 6.51. The second-order valence-electron chi connectivity index (χ2n) is 6.86. The van der Waals surface area contributed by atoms with E-state index in [1.807, 2.05) is 6.07 Å². The lowest BCUT2D eigenvalue weighted by Crippen LogP contribution is -2.36. The SMILES string of the molecule is Cc1cc2c(cc1S(=O)(=O)N(C)CC(=O)Nc1ccc(C#N)cc1)O[C@@H](C)C(=O)N2. The van der Waals surface area contributed by atoms with E-state index in [1.165, 1.54) is 19.2 Å². The quantitative estimate of drug-likeness (QED) is 0.748. The lowest BCUT2D eigenvalue weighted by atomic mass is 10.1. The van der Waals surface area contributed by atoms with Gasteiger partial charge in [0.05, 0.1) is 28.8 Å². The van der Waals surface area contributed by atoms with Crippen molar-refractivity contribution in [1.82, 2.24) is 4.31 Å². The highest BCUT2D eigenvalue weighted by molar-refractivity contribution is 7.89. The number of anilines is 2. The van der Waals surface area contributed by atoms with Crippen LogP contribution < -0.4 is 15.4 Å². The van der Waals surface area contributed by atoms with E-state index in [0.29, 0.717) is 22.5 Å². The second-order valence-corrected chi connectivity index (χ2v) is 8.87. The first-order valence-electron chi connectivity index (χ1n) is 9.00. The van der Waals surface area contributed by atoms with Gasteiger partial charge in [0.2, 0.25) is 15.9 Å². The predicted molar refractivity (Wildman–Crippen MR) is 110 cm³/mol. The van der Waals surface area contributed by atoms with Crippen molar-refractivity contribution in [3.63, 3.8) is 0 Å². The zero-order valence-corrected chi connectivity index (χ0v) is 17.4. The number of carbonyl (C=O) groups excluding carboxylic acids is 2. The molecule has 2 aromatic carbocycles. The molecule has 1 aliphatic heterocycles. The van der Waals surface area contributed by atoms with Crippen LogP contribution >= 0.6 is 0 Å². The predicted octanol–water partition coefficient (Wildman–Crippen LogP) is 1.85. The molecule has 0 fully saturated rings. The highest BCUT2D eigenvalue weighted by Crippen LogP contribution is 2.35. The second kappa shape index (κ2) is 8.14. The van der Waals surface area contributed by atoms with E-state index in [9.17, 15) is 18.0 Å². The molecule has 2 aromatic rings. The molecule has 2 amide bonds. The molecule has 30 heavy (non-hydrogen) atoms. The molecule has 10 heteroatoms. The molecule has 0 spiro atoms. The van der Waals surface area contributed by atoms with Crippen LogP contribution in [0, 0.1) is 18.3 Å². The Kier molecular flexibility index (Phi) is 5.78. The van der Waals surface area contributed by atoms with E-state index < -0.39 is 28.6 Å². The van der Waals surface area contributed by atoms with E-state index in [-0.39, 0.29) is 16.6 Å².